The number of likely N-dealkylation sites (N-methyl/N-ethyl adjacent to an activating group) is 1. The molecule has 0 aliphatic carbocycles. The van der Waals surface area contributed by atoms with Gasteiger partial charge in [-0.25, -0.2) is 4.57 Å². The molecule has 1 N–H and O–H groups in total. The number of nitrogens with zero attached hydrogens (tertiary/aromatic N) is 1. The van der Waals surface area contributed by atoms with Gasteiger partial charge in [-0.15, -0.1) is 0 Å². The van der Waals surface area contributed by atoms with Gasteiger partial charge in [0.1, 0.15) is 19.8 Å². The molecule has 0 aromatic carbocycles. The summed E-state index contributed by atoms with van der Waals surface area (Å²) in [5.41, 5.74) is 0. The van der Waals surface area contributed by atoms with E-state index in [-0.39, 0.29) is 32.0 Å². The van der Waals surface area contributed by atoms with Gasteiger partial charge in [0.15, 0.2) is 6.10 Å². The number of ether oxygens (including phenoxy) is 2. The molecule has 0 bridgehead atoms. The fraction of sp³-hybridized carbons (Fsp3) is 0.803. The first-order chi connectivity index (χ1) is 39.5. The number of carbonyl (C=O) groups is 2. The largest absolute Gasteiger partial charge is 0.472 e. The van der Waals surface area contributed by atoms with E-state index in [4.69, 9.17) is 18.5 Å². The van der Waals surface area contributed by atoms with Gasteiger partial charge in [-0.2, -0.15) is 0 Å². The van der Waals surface area contributed by atoms with Gasteiger partial charge < -0.3 is 18.9 Å². The SMILES string of the molecule is CC/C=C\C/C=C\C/C=C\C/C=C\C/C=C\C/C=C\CCC(=O)OC(COC(=O)CCCCCCCCCCCCCCCCCCCCCCCCCCCCCCCCCCCCCCCC)COP(=O)(O)OCC[N+](C)(C)C. The lowest BCUT2D eigenvalue weighted by atomic mass is 10.0. The highest BCUT2D eigenvalue weighted by Crippen LogP contribution is 2.43. The summed E-state index contributed by atoms with van der Waals surface area (Å²) in [6.45, 7) is 4.27. The predicted molar refractivity (Wildman–Crippen MR) is 349 cm³/mol. The number of hydrogen-bond acceptors (Lipinski definition) is 7. The third kappa shape index (κ3) is 66.5. The van der Waals surface area contributed by atoms with Crippen LogP contribution >= 0.6 is 7.82 Å². The summed E-state index contributed by atoms with van der Waals surface area (Å²) in [4.78, 5) is 35.7. The molecule has 0 heterocycles. The van der Waals surface area contributed by atoms with Crippen molar-refractivity contribution in [2.75, 3.05) is 47.5 Å². The standard InChI is InChI=1S/C71H130NO8P/c1-6-8-10-12-14-16-18-20-22-24-26-27-28-29-30-31-32-33-34-35-36-37-38-39-40-41-42-43-44-46-47-49-51-53-55-57-59-61-63-70(73)77-67-69(68-79-81(75,76)78-66-65-72(3,4)5)80-71(74)64-62-60-58-56-54-52-50-48-45-25-23-21-19-17-15-13-11-9-7-2/h9,11,15,17,21,23,45,48,52,54,58,60,69H,6-8,10,12-14,16,18-20,22,24-44,46-47,49-51,53,55-57,59,61-68H2,1-5H3/p+1/b11-9-,17-15-,23-21-,48-45-,54-52-,60-58-. The van der Waals surface area contributed by atoms with Crippen molar-refractivity contribution in [1.82, 2.24) is 0 Å². The second-order valence-corrected chi connectivity index (χ2v) is 25.6. The number of phosphoric ester groups is 1. The third-order valence-electron chi connectivity index (χ3n) is 15.0. The van der Waals surface area contributed by atoms with E-state index in [1.54, 1.807) is 0 Å². The molecular weight excluding hydrogens is 1030 g/mol. The number of phosphoric acid groups is 1. The Labute approximate surface area is 501 Å². The molecule has 0 radical (unpaired) electrons. The van der Waals surface area contributed by atoms with Crippen LogP contribution in [0.2, 0.25) is 0 Å². The van der Waals surface area contributed by atoms with E-state index in [1.807, 2.05) is 33.3 Å². The zero-order valence-electron chi connectivity index (χ0n) is 53.8. The maximum atomic E-state index is 12.8. The van der Waals surface area contributed by atoms with Gasteiger partial charge in [-0.1, -0.05) is 324 Å². The summed E-state index contributed by atoms with van der Waals surface area (Å²) >= 11 is 0. The Hall–Kier alpha value is -2.55. The average molecular weight is 1160 g/mol. The first kappa shape index (κ1) is 78.5. The maximum absolute atomic E-state index is 12.8. The Kier molecular flexibility index (Phi) is 60.0. The van der Waals surface area contributed by atoms with Crippen LogP contribution in [0.3, 0.4) is 0 Å². The quantitative estimate of drug-likeness (QED) is 0.0211. The topological polar surface area (TPSA) is 108 Å². The molecule has 0 saturated carbocycles. The lowest BCUT2D eigenvalue weighted by molar-refractivity contribution is -0.870. The molecule has 81 heavy (non-hydrogen) atoms. The van der Waals surface area contributed by atoms with Gasteiger partial charge in [0, 0.05) is 12.8 Å². The van der Waals surface area contributed by atoms with Crippen molar-refractivity contribution in [3.05, 3.63) is 72.9 Å². The summed E-state index contributed by atoms with van der Waals surface area (Å²) < 4.78 is 34.5. The minimum Gasteiger partial charge on any atom is -0.462 e. The molecule has 2 atom stereocenters. The van der Waals surface area contributed by atoms with Crippen molar-refractivity contribution < 1.29 is 42.1 Å². The Bertz CT molecular complexity index is 1600. The van der Waals surface area contributed by atoms with E-state index < -0.39 is 26.5 Å². The molecular formula is C71H131NO8P+. The van der Waals surface area contributed by atoms with Crippen molar-refractivity contribution >= 4 is 19.8 Å². The predicted octanol–water partition coefficient (Wildman–Crippen LogP) is 22.0. The second kappa shape index (κ2) is 62.0. The fourth-order valence-electron chi connectivity index (χ4n) is 9.81. The molecule has 0 spiro atoms. The maximum Gasteiger partial charge on any atom is 0.472 e. The number of unbranched alkanes of at least 4 members (excludes halogenated alkanes) is 37. The van der Waals surface area contributed by atoms with Crippen molar-refractivity contribution in [2.24, 2.45) is 0 Å². The minimum absolute atomic E-state index is 0.0163. The first-order valence-corrected chi connectivity index (χ1v) is 35.7. The van der Waals surface area contributed by atoms with Crippen LogP contribution < -0.4 is 0 Å². The van der Waals surface area contributed by atoms with E-state index in [0.29, 0.717) is 17.4 Å². The Morgan fingerprint density at radius 3 is 1.02 bits per heavy atom. The lowest BCUT2D eigenvalue weighted by Gasteiger charge is -2.24. The third-order valence-corrected chi connectivity index (χ3v) is 16.0. The molecule has 0 rings (SSSR count). The van der Waals surface area contributed by atoms with Crippen molar-refractivity contribution in [1.29, 1.82) is 0 Å². The summed E-state index contributed by atoms with van der Waals surface area (Å²) in [5.74, 6) is -0.887. The van der Waals surface area contributed by atoms with E-state index in [1.165, 1.54) is 225 Å². The van der Waals surface area contributed by atoms with Crippen LogP contribution in [0.4, 0.5) is 0 Å². The first-order valence-electron chi connectivity index (χ1n) is 34.2. The van der Waals surface area contributed by atoms with Gasteiger partial charge in [-0.05, 0) is 51.4 Å². The molecule has 0 aliphatic heterocycles. The van der Waals surface area contributed by atoms with Crippen LogP contribution in [0.5, 0.6) is 0 Å². The van der Waals surface area contributed by atoms with Crippen LogP contribution in [0, 0.1) is 0 Å². The van der Waals surface area contributed by atoms with Crippen molar-refractivity contribution in [3.8, 4) is 0 Å². The van der Waals surface area contributed by atoms with Gasteiger partial charge in [-0.3, -0.25) is 18.6 Å². The van der Waals surface area contributed by atoms with Gasteiger partial charge in [0.25, 0.3) is 0 Å². The van der Waals surface area contributed by atoms with Crippen LogP contribution in [-0.4, -0.2) is 74.9 Å². The smallest absolute Gasteiger partial charge is 0.462 e. The van der Waals surface area contributed by atoms with Crippen LogP contribution in [0.15, 0.2) is 72.9 Å². The highest BCUT2D eigenvalue weighted by atomic mass is 31.2. The normalized spacial score (nSPS) is 13.6. The second-order valence-electron chi connectivity index (χ2n) is 24.2. The highest BCUT2D eigenvalue weighted by molar-refractivity contribution is 7.47. The monoisotopic (exact) mass is 1160 g/mol. The molecule has 2 unspecified atom stereocenters. The summed E-state index contributed by atoms with van der Waals surface area (Å²) in [6, 6.07) is 0. The Morgan fingerprint density at radius 1 is 0.395 bits per heavy atom. The summed E-state index contributed by atoms with van der Waals surface area (Å²) in [7, 11) is 1.43. The Morgan fingerprint density at radius 2 is 0.704 bits per heavy atom. The molecule has 10 heteroatoms. The van der Waals surface area contributed by atoms with E-state index in [2.05, 4.69) is 74.6 Å². The average Bonchev–Trinajstić information content (AvgIpc) is 3.44. The fourth-order valence-corrected chi connectivity index (χ4v) is 10.6. The van der Waals surface area contributed by atoms with Gasteiger partial charge >= 0.3 is 19.8 Å². The Balaban J connectivity index is 3.96. The van der Waals surface area contributed by atoms with Gasteiger partial charge in [0.2, 0.25) is 0 Å². The minimum atomic E-state index is -4.41. The molecule has 0 fully saturated rings. The van der Waals surface area contributed by atoms with E-state index >= 15 is 0 Å². The van der Waals surface area contributed by atoms with Crippen molar-refractivity contribution in [3.63, 3.8) is 0 Å². The molecule has 472 valence electrons. The zero-order chi connectivity index (χ0) is 59.1. The van der Waals surface area contributed by atoms with E-state index in [9.17, 15) is 19.0 Å². The van der Waals surface area contributed by atoms with E-state index in [0.717, 1.165) is 57.8 Å². The molecule has 0 aromatic heterocycles. The summed E-state index contributed by atoms with van der Waals surface area (Å²) in [6.07, 6.45) is 83.4. The molecule has 0 saturated heterocycles. The van der Waals surface area contributed by atoms with Crippen LogP contribution in [-0.2, 0) is 32.7 Å². The molecule has 0 aliphatic rings. The highest BCUT2D eigenvalue weighted by Gasteiger charge is 2.27. The van der Waals surface area contributed by atoms with Gasteiger partial charge in [0.05, 0.1) is 27.7 Å². The molecule has 0 amide bonds. The lowest BCUT2D eigenvalue weighted by Crippen LogP contribution is -2.37. The number of carbonyl (C=O) groups excluding carboxylic acids is 2. The zero-order valence-corrected chi connectivity index (χ0v) is 54.7. The number of hydrogen-bond donors (Lipinski definition) is 1. The number of esters is 2. The van der Waals surface area contributed by atoms with Crippen LogP contribution in [0.1, 0.15) is 316 Å². The number of allylic oxidation sites excluding steroid dienone is 12. The molecule has 9 nitrogen and oxygen atoms in total. The number of rotatable bonds is 63. The molecule has 0 aromatic rings. The number of quaternary nitrogens is 1. The van der Waals surface area contributed by atoms with Crippen LogP contribution in [0.25, 0.3) is 0 Å². The summed E-state index contributed by atoms with van der Waals surface area (Å²) in [5, 5.41) is 0. The van der Waals surface area contributed by atoms with Crippen molar-refractivity contribution in [2.45, 2.75) is 322 Å².